The second kappa shape index (κ2) is 8.26. The molecule has 0 amide bonds. The quantitative estimate of drug-likeness (QED) is 0.404. The highest BCUT2D eigenvalue weighted by Crippen LogP contribution is 2.11. The Labute approximate surface area is 113 Å². The lowest BCUT2D eigenvalue weighted by atomic mass is 10.4. The first-order chi connectivity index (χ1) is 9.09. The molecule has 108 valence electrons. The summed E-state index contributed by atoms with van der Waals surface area (Å²) < 4.78 is 20.1. The summed E-state index contributed by atoms with van der Waals surface area (Å²) in [6.07, 6.45) is 4.18. The summed E-state index contributed by atoms with van der Waals surface area (Å²) in [6.45, 7) is 0.297. The number of aliphatic hydroxyl groups is 1. The van der Waals surface area contributed by atoms with Crippen molar-refractivity contribution in [3.63, 3.8) is 0 Å². The van der Waals surface area contributed by atoms with Crippen molar-refractivity contribution in [2.45, 2.75) is 18.8 Å². The van der Waals surface area contributed by atoms with Gasteiger partial charge in [0, 0.05) is 20.3 Å². The smallest absolute Gasteiger partial charge is 0.465 e. The Kier molecular flexibility index (Phi) is 6.99. The van der Waals surface area contributed by atoms with E-state index in [9.17, 15) is 9.90 Å². The fraction of sp³-hybridized carbons (Fsp3) is 0.500. The molecule has 0 radical (unpaired) electrons. The van der Waals surface area contributed by atoms with Crippen LogP contribution >= 0.6 is 0 Å². The fourth-order valence-electron chi connectivity index (χ4n) is 1.41. The Morgan fingerprint density at radius 3 is 2.74 bits per heavy atom. The van der Waals surface area contributed by atoms with Crippen LogP contribution in [0, 0.1) is 0 Å². The molecule has 2 N–H and O–H groups in total. The van der Waals surface area contributed by atoms with Crippen LogP contribution in [-0.2, 0) is 13.6 Å². The highest BCUT2D eigenvalue weighted by atomic mass is 28.4. The van der Waals surface area contributed by atoms with E-state index in [1.54, 1.807) is 24.5 Å². The third kappa shape index (κ3) is 6.15. The summed E-state index contributed by atoms with van der Waals surface area (Å²) in [5.41, 5.74) is 0. The van der Waals surface area contributed by atoms with Crippen molar-refractivity contribution in [2.24, 2.45) is 0 Å². The molecule has 1 rings (SSSR count). The van der Waals surface area contributed by atoms with Crippen LogP contribution in [0.5, 0.6) is 0 Å². The Hall–Kier alpha value is -0.963. The van der Waals surface area contributed by atoms with Crippen molar-refractivity contribution < 1.29 is 27.9 Å². The Bertz CT molecular complexity index is 360. The van der Waals surface area contributed by atoms with Crippen LogP contribution in [0.15, 0.2) is 28.9 Å². The lowest BCUT2D eigenvalue weighted by Gasteiger charge is -2.19. The molecular formula is C12H20O6Si. The Balaban J connectivity index is 2.19. The van der Waals surface area contributed by atoms with Gasteiger partial charge in [0.05, 0.1) is 12.9 Å². The Morgan fingerprint density at radius 2 is 2.16 bits per heavy atom. The van der Waals surface area contributed by atoms with Gasteiger partial charge in [-0.25, -0.2) is 0 Å². The van der Waals surface area contributed by atoms with Gasteiger partial charge in [-0.15, -0.1) is 0 Å². The molecule has 0 saturated carbocycles. The van der Waals surface area contributed by atoms with Crippen LogP contribution in [0.1, 0.15) is 12.2 Å². The van der Waals surface area contributed by atoms with Crippen LogP contribution in [0.4, 0.5) is 0 Å². The first-order valence-corrected chi connectivity index (χ1v) is 7.91. The SMILES string of the molecule is CO[Si](O)(CCCOC(O)/C=C/c1ccco1)OC. The predicted octanol–water partition coefficient (Wildman–Crippen LogP) is 1.24. The van der Waals surface area contributed by atoms with Gasteiger partial charge >= 0.3 is 8.80 Å². The van der Waals surface area contributed by atoms with Gasteiger partial charge in [0.15, 0.2) is 6.29 Å². The molecule has 19 heavy (non-hydrogen) atoms. The summed E-state index contributed by atoms with van der Waals surface area (Å²) in [5.74, 6) is 0.642. The highest BCUT2D eigenvalue weighted by Gasteiger charge is 2.33. The highest BCUT2D eigenvalue weighted by molar-refractivity contribution is 6.59. The lowest BCUT2D eigenvalue weighted by Crippen LogP contribution is -2.40. The second-order valence-corrected chi connectivity index (χ2v) is 6.60. The van der Waals surface area contributed by atoms with Gasteiger partial charge in [0.2, 0.25) is 0 Å². The van der Waals surface area contributed by atoms with Crippen molar-refractivity contribution in [3.05, 3.63) is 30.2 Å². The van der Waals surface area contributed by atoms with E-state index >= 15 is 0 Å². The zero-order valence-corrected chi connectivity index (χ0v) is 12.1. The van der Waals surface area contributed by atoms with Gasteiger partial charge in [-0.2, -0.15) is 0 Å². The average molecular weight is 288 g/mol. The molecule has 0 aliphatic carbocycles. The van der Waals surface area contributed by atoms with Gasteiger partial charge in [-0.3, -0.25) is 0 Å². The third-order valence-corrected chi connectivity index (χ3v) is 4.79. The minimum absolute atomic E-state index is 0.297. The number of aliphatic hydroxyl groups excluding tert-OH is 1. The minimum atomic E-state index is -3.03. The molecule has 1 atom stereocenters. The van der Waals surface area contributed by atoms with Crippen LogP contribution in [-0.4, -0.2) is 45.8 Å². The summed E-state index contributed by atoms with van der Waals surface area (Å²) in [6, 6.07) is 3.91. The summed E-state index contributed by atoms with van der Waals surface area (Å²) in [4.78, 5) is 9.77. The van der Waals surface area contributed by atoms with Gasteiger partial charge in [-0.1, -0.05) is 0 Å². The molecule has 0 aromatic carbocycles. The molecule has 0 bridgehead atoms. The van der Waals surface area contributed by atoms with E-state index in [-0.39, 0.29) is 0 Å². The molecule has 1 aromatic heterocycles. The first-order valence-electron chi connectivity index (χ1n) is 5.93. The lowest BCUT2D eigenvalue weighted by molar-refractivity contribution is -0.0639. The molecule has 0 spiro atoms. The molecule has 0 fully saturated rings. The maximum atomic E-state index is 9.77. The summed E-state index contributed by atoms with van der Waals surface area (Å²) in [5, 5.41) is 9.53. The van der Waals surface area contributed by atoms with Crippen LogP contribution < -0.4 is 0 Å². The second-order valence-electron chi connectivity index (χ2n) is 3.86. The van der Waals surface area contributed by atoms with E-state index in [1.165, 1.54) is 20.3 Å². The van der Waals surface area contributed by atoms with E-state index < -0.39 is 15.1 Å². The van der Waals surface area contributed by atoms with Gasteiger partial charge in [0.1, 0.15) is 5.76 Å². The summed E-state index contributed by atoms with van der Waals surface area (Å²) in [7, 11) is -0.198. The van der Waals surface area contributed by atoms with Crippen molar-refractivity contribution in [3.8, 4) is 0 Å². The maximum Gasteiger partial charge on any atom is 0.497 e. The molecule has 1 aromatic rings. The third-order valence-electron chi connectivity index (χ3n) is 2.53. The van der Waals surface area contributed by atoms with E-state index in [0.717, 1.165) is 0 Å². The average Bonchev–Trinajstić information content (AvgIpc) is 2.94. The van der Waals surface area contributed by atoms with Gasteiger partial charge in [-0.05, 0) is 30.7 Å². The molecule has 0 saturated heterocycles. The van der Waals surface area contributed by atoms with Crippen LogP contribution in [0.2, 0.25) is 6.04 Å². The monoisotopic (exact) mass is 288 g/mol. The molecule has 7 heteroatoms. The van der Waals surface area contributed by atoms with Crippen molar-refractivity contribution in [1.82, 2.24) is 0 Å². The molecule has 0 aliphatic rings. The Morgan fingerprint density at radius 1 is 1.42 bits per heavy atom. The first kappa shape index (κ1) is 16.1. The zero-order valence-electron chi connectivity index (χ0n) is 11.1. The van der Waals surface area contributed by atoms with E-state index in [4.69, 9.17) is 18.0 Å². The largest absolute Gasteiger partial charge is 0.497 e. The topological polar surface area (TPSA) is 81.3 Å². The predicted molar refractivity (Wildman–Crippen MR) is 71.1 cm³/mol. The molecule has 1 unspecified atom stereocenters. The van der Waals surface area contributed by atoms with Crippen LogP contribution in [0.3, 0.4) is 0 Å². The molecule has 0 aliphatic heterocycles. The zero-order chi connectivity index (χ0) is 14.1. The van der Waals surface area contributed by atoms with Crippen molar-refractivity contribution in [2.75, 3.05) is 20.8 Å². The number of furan rings is 1. The van der Waals surface area contributed by atoms with E-state index in [1.807, 2.05) is 0 Å². The van der Waals surface area contributed by atoms with Crippen molar-refractivity contribution in [1.29, 1.82) is 0 Å². The summed E-state index contributed by atoms with van der Waals surface area (Å²) >= 11 is 0. The number of rotatable bonds is 9. The normalized spacial score (nSPS) is 14.1. The van der Waals surface area contributed by atoms with Gasteiger partial charge in [0.25, 0.3) is 0 Å². The van der Waals surface area contributed by atoms with Crippen molar-refractivity contribution >= 4 is 14.9 Å². The fourth-order valence-corrected chi connectivity index (χ4v) is 2.57. The minimum Gasteiger partial charge on any atom is -0.465 e. The molecule has 6 nitrogen and oxygen atoms in total. The molecular weight excluding hydrogens is 268 g/mol. The van der Waals surface area contributed by atoms with Gasteiger partial charge < -0.3 is 27.9 Å². The standard InChI is InChI=1S/C12H20O6Si/c1-15-19(14,16-2)10-4-9-18-12(13)7-6-11-5-3-8-17-11/h3,5-8,12-14H,4,9-10H2,1-2H3/b7-6+. The van der Waals surface area contributed by atoms with Crippen LogP contribution in [0.25, 0.3) is 6.08 Å². The van der Waals surface area contributed by atoms with E-state index in [0.29, 0.717) is 24.8 Å². The van der Waals surface area contributed by atoms with E-state index in [2.05, 4.69) is 0 Å². The number of hydrogen-bond acceptors (Lipinski definition) is 6. The number of ether oxygens (including phenoxy) is 1. The number of hydrogen-bond donors (Lipinski definition) is 2. The molecule has 1 heterocycles. The maximum absolute atomic E-state index is 9.77.